The van der Waals surface area contributed by atoms with Gasteiger partial charge in [-0.05, 0) is 32.1 Å². The van der Waals surface area contributed by atoms with Crippen LogP contribution in [0, 0.1) is 5.92 Å². The van der Waals surface area contributed by atoms with E-state index in [-0.39, 0.29) is 5.92 Å². The first-order valence-electron chi connectivity index (χ1n) is 8.39. The summed E-state index contributed by atoms with van der Waals surface area (Å²) in [6, 6.07) is 0. The van der Waals surface area contributed by atoms with Gasteiger partial charge in [-0.3, -0.25) is 4.79 Å². The first kappa shape index (κ1) is 19.7. The Kier molecular flexibility index (Phi) is 14.1. The van der Waals surface area contributed by atoms with E-state index in [1.54, 1.807) is 6.92 Å². The van der Waals surface area contributed by atoms with Crippen molar-refractivity contribution < 1.29 is 9.90 Å². The van der Waals surface area contributed by atoms with Crippen molar-refractivity contribution in [2.45, 2.75) is 71.6 Å². The second-order valence-electron chi connectivity index (χ2n) is 5.61. The summed E-state index contributed by atoms with van der Waals surface area (Å²) < 4.78 is 0. The molecule has 0 heterocycles. The molecule has 0 aliphatic heterocycles. The predicted molar refractivity (Wildman–Crippen MR) is 91.4 cm³/mol. The van der Waals surface area contributed by atoms with Gasteiger partial charge in [-0.1, -0.05) is 76.0 Å². The van der Waals surface area contributed by atoms with Gasteiger partial charge in [0.2, 0.25) is 0 Å². The molecule has 0 amide bonds. The van der Waals surface area contributed by atoms with Gasteiger partial charge in [0.25, 0.3) is 0 Å². The summed E-state index contributed by atoms with van der Waals surface area (Å²) in [4.78, 5) is 10.6. The number of rotatable bonds is 13. The SMILES string of the molecule is CCCCC\C=C/C=C/C=C/CCCCCC(C)C(=O)O. The summed E-state index contributed by atoms with van der Waals surface area (Å²) in [5.74, 6) is -0.879. The van der Waals surface area contributed by atoms with Gasteiger partial charge in [-0.15, -0.1) is 0 Å². The zero-order chi connectivity index (χ0) is 15.8. The first-order chi connectivity index (χ1) is 10.2. The zero-order valence-electron chi connectivity index (χ0n) is 13.8. The van der Waals surface area contributed by atoms with Gasteiger partial charge >= 0.3 is 5.97 Å². The summed E-state index contributed by atoms with van der Waals surface area (Å²) in [5.41, 5.74) is 0. The standard InChI is InChI=1S/C19H32O2/c1-3-4-5-6-7-8-9-10-11-12-13-14-15-16-17-18(2)19(20)21/h7-12,18H,3-6,13-17H2,1-2H3,(H,20,21)/b8-7-,10-9+,12-11+. The lowest BCUT2D eigenvalue weighted by Gasteiger charge is -2.04. The minimum Gasteiger partial charge on any atom is -0.481 e. The summed E-state index contributed by atoms with van der Waals surface area (Å²) in [6.07, 6.45) is 23.0. The number of hydrogen-bond acceptors (Lipinski definition) is 1. The number of carboxylic acid groups (broad SMARTS) is 1. The molecule has 0 rings (SSSR count). The maximum atomic E-state index is 10.6. The summed E-state index contributed by atoms with van der Waals surface area (Å²) >= 11 is 0. The van der Waals surface area contributed by atoms with Crippen molar-refractivity contribution in [3.8, 4) is 0 Å². The van der Waals surface area contributed by atoms with Crippen LogP contribution in [0.4, 0.5) is 0 Å². The van der Waals surface area contributed by atoms with Crippen molar-refractivity contribution in [3.63, 3.8) is 0 Å². The molecule has 0 aromatic carbocycles. The quantitative estimate of drug-likeness (QED) is 0.338. The average molecular weight is 292 g/mol. The van der Waals surface area contributed by atoms with E-state index in [9.17, 15) is 4.79 Å². The van der Waals surface area contributed by atoms with Gasteiger partial charge in [0.1, 0.15) is 0 Å². The molecule has 2 nitrogen and oxygen atoms in total. The van der Waals surface area contributed by atoms with Crippen LogP contribution in [0.5, 0.6) is 0 Å². The largest absolute Gasteiger partial charge is 0.481 e. The molecule has 0 spiro atoms. The molecular formula is C19H32O2. The Hall–Kier alpha value is -1.31. The van der Waals surface area contributed by atoms with Crippen molar-refractivity contribution in [1.29, 1.82) is 0 Å². The maximum Gasteiger partial charge on any atom is 0.306 e. The van der Waals surface area contributed by atoms with Crippen molar-refractivity contribution >= 4 is 5.97 Å². The molecule has 0 fully saturated rings. The second kappa shape index (κ2) is 15.1. The molecule has 0 aliphatic carbocycles. The second-order valence-corrected chi connectivity index (χ2v) is 5.61. The molecule has 0 radical (unpaired) electrons. The van der Waals surface area contributed by atoms with Crippen LogP contribution in [0.15, 0.2) is 36.5 Å². The van der Waals surface area contributed by atoms with E-state index in [0.29, 0.717) is 0 Å². The molecule has 0 bridgehead atoms. The highest BCUT2D eigenvalue weighted by atomic mass is 16.4. The smallest absolute Gasteiger partial charge is 0.306 e. The highest BCUT2D eigenvalue weighted by Crippen LogP contribution is 2.10. The van der Waals surface area contributed by atoms with E-state index < -0.39 is 5.97 Å². The topological polar surface area (TPSA) is 37.3 Å². The van der Waals surface area contributed by atoms with Gasteiger partial charge in [-0.25, -0.2) is 0 Å². The molecule has 1 atom stereocenters. The van der Waals surface area contributed by atoms with Crippen LogP contribution in [-0.4, -0.2) is 11.1 Å². The van der Waals surface area contributed by atoms with E-state index in [1.807, 2.05) is 0 Å². The number of carboxylic acids is 1. The van der Waals surface area contributed by atoms with E-state index in [4.69, 9.17) is 5.11 Å². The Balaban J connectivity index is 3.41. The Morgan fingerprint density at radius 2 is 1.48 bits per heavy atom. The maximum absolute atomic E-state index is 10.6. The normalized spacial score (nSPS) is 13.6. The fourth-order valence-corrected chi connectivity index (χ4v) is 2.00. The van der Waals surface area contributed by atoms with Crippen LogP contribution in [0.2, 0.25) is 0 Å². The number of carbonyl (C=O) groups is 1. The molecule has 0 aromatic rings. The fourth-order valence-electron chi connectivity index (χ4n) is 2.00. The lowest BCUT2D eigenvalue weighted by molar-refractivity contribution is -0.141. The summed E-state index contributed by atoms with van der Waals surface area (Å²) in [5, 5.41) is 8.76. The fraction of sp³-hybridized carbons (Fsp3) is 0.632. The third-order valence-electron chi connectivity index (χ3n) is 3.51. The molecule has 120 valence electrons. The third kappa shape index (κ3) is 14.9. The number of allylic oxidation sites excluding steroid dienone is 6. The van der Waals surface area contributed by atoms with Crippen LogP contribution < -0.4 is 0 Å². The van der Waals surface area contributed by atoms with Gasteiger partial charge < -0.3 is 5.11 Å². The minimum atomic E-state index is -0.678. The van der Waals surface area contributed by atoms with Crippen LogP contribution in [0.25, 0.3) is 0 Å². The van der Waals surface area contributed by atoms with Crippen molar-refractivity contribution in [3.05, 3.63) is 36.5 Å². The molecule has 21 heavy (non-hydrogen) atoms. The number of aliphatic carboxylic acids is 1. The Bertz CT molecular complexity index is 326. The minimum absolute atomic E-state index is 0.201. The summed E-state index contributed by atoms with van der Waals surface area (Å²) in [7, 11) is 0. The number of unbranched alkanes of at least 4 members (excludes halogenated alkanes) is 6. The molecule has 0 aliphatic rings. The highest BCUT2D eigenvalue weighted by molar-refractivity contribution is 5.69. The highest BCUT2D eigenvalue weighted by Gasteiger charge is 2.08. The van der Waals surface area contributed by atoms with Crippen LogP contribution in [0.3, 0.4) is 0 Å². The monoisotopic (exact) mass is 292 g/mol. The first-order valence-corrected chi connectivity index (χ1v) is 8.39. The van der Waals surface area contributed by atoms with Crippen LogP contribution >= 0.6 is 0 Å². The van der Waals surface area contributed by atoms with Crippen LogP contribution in [0.1, 0.15) is 71.6 Å². The van der Waals surface area contributed by atoms with E-state index in [1.165, 1.54) is 25.7 Å². The summed E-state index contributed by atoms with van der Waals surface area (Å²) in [6.45, 7) is 4.00. The predicted octanol–water partition coefficient (Wildman–Crippen LogP) is 5.91. The average Bonchev–Trinajstić information content (AvgIpc) is 2.47. The van der Waals surface area contributed by atoms with Crippen LogP contribution in [-0.2, 0) is 4.79 Å². The Morgan fingerprint density at radius 3 is 2.00 bits per heavy atom. The Morgan fingerprint density at radius 1 is 0.905 bits per heavy atom. The number of hydrogen-bond donors (Lipinski definition) is 1. The van der Waals surface area contributed by atoms with E-state index >= 15 is 0 Å². The van der Waals surface area contributed by atoms with Crippen molar-refractivity contribution in [2.75, 3.05) is 0 Å². The molecule has 0 saturated carbocycles. The van der Waals surface area contributed by atoms with Gasteiger partial charge in [-0.2, -0.15) is 0 Å². The lowest BCUT2D eigenvalue weighted by atomic mass is 10.0. The molecular weight excluding hydrogens is 260 g/mol. The van der Waals surface area contributed by atoms with E-state index in [0.717, 1.165) is 32.1 Å². The van der Waals surface area contributed by atoms with Crippen molar-refractivity contribution in [2.24, 2.45) is 5.92 Å². The molecule has 1 N–H and O–H groups in total. The molecule has 0 saturated heterocycles. The zero-order valence-corrected chi connectivity index (χ0v) is 13.8. The molecule has 0 aromatic heterocycles. The van der Waals surface area contributed by atoms with Gasteiger partial charge in [0.05, 0.1) is 5.92 Å². The Labute approximate surface area is 130 Å². The van der Waals surface area contributed by atoms with Gasteiger partial charge in [0.15, 0.2) is 0 Å². The lowest BCUT2D eigenvalue weighted by Crippen LogP contribution is -2.08. The molecule has 1 unspecified atom stereocenters. The van der Waals surface area contributed by atoms with E-state index in [2.05, 4.69) is 43.4 Å². The van der Waals surface area contributed by atoms with Crippen molar-refractivity contribution in [1.82, 2.24) is 0 Å². The third-order valence-corrected chi connectivity index (χ3v) is 3.51. The molecule has 2 heteroatoms. The van der Waals surface area contributed by atoms with Gasteiger partial charge in [0, 0.05) is 0 Å².